The lowest BCUT2D eigenvalue weighted by atomic mass is 9.99. The lowest BCUT2D eigenvalue weighted by Crippen LogP contribution is -2.28. The summed E-state index contributed by atoms with van der Waals surface area (Å²) in [5.41, 5.74) is -2.05. The fraction of sp³-hybridized carbons (Fsp3) is 0.500. The summed E-state index contributed by atoms with van der Waals surface area (Å²) < 4.78 is 14.6. The van der Waals surface area contributed by atoms with Gasteiger partial charge in [0, 0.05) is 0 Å². The Balaban J connectivity index is 4.91. The molecule has 0 spiro atoms. The lowest BCUT2D eigenvalue weighted by Gasteiger charge is -2.20. The van der Waals surface area contributed by atoms with Crippen molar-refractivity contribution in [2.45, 2.75) is 18.4 Å². The SMILES string of the molecule is N#CCC(C#N)(CC#N)OP(=O)(O)O. The van der Waals surface area contributed by atoms with E-state index < -0.39 is 26.3 Å². The van der Waals surface area contributed by atoms with Gasteiger partial charge in [-0.15, -0.1) is 0 Å². The maximum atomic E-state index is 10.5. The molecule has 0 aliphatic heterocycles. The van der Waals surface area contributed by atoms with E-state index in [-0.39, 0.29) is 0 Å². The zero-order valence-electron chi connectivity index (χ0n) is 6.91. The van der Waals surface area contributed by atoms with E-state index >= 15 is 0 Å². The predicted octanol–water partition coefficient (Wildman–Crippen LogP) is 0.185. The van der Waals surface area contributed by atoms with E-state index in [1.807, 2.05) is 0 Å². The van der Waals surface area contributed by atoms with E-state index in [9.17, 15) is 4.57 Å². The summed E-state index contributed by atoms with van der Waals surface area (Å²) in [6.45, 7) is 0. The van der Waals surface area contributed by atoms with Crippen molar-refractivity contribution in [2.75, 3.05) is 0 Å². The van der Waals surface area contributed by atoms with Crippen LogP contribution in [0.3, 0.4) is 0 Å². The average molecular weight is 215 g/mol. The number of nitriles is 3. The Morgan fingerprint density at radius 2 is 1.64 bits per heavy atom. The first-order chi connectivity index (χ1) is 6.39. The van der Waals surface area contributed by atoms with Gasteiger partial charge in [0.25, 0.3) is 0 Å². The van der Waals surface area contributed by atoms with Gasteiger partial charge in [-0.2, -0.15) is 15.8 Å². The van der Waals surface area contributed by atoms with Crippen molar-refractivity contribution < 1.29 is 18.9 Å². The molecule has 0 atom stereocenters. The van der Waals surface area contributed by atoms with Crippen molar-refractivity contribution in [3.8, 4) is 18.2 Å². The lowest BCUT2D eigenvalue weighted by molar-refractivity contribution is 0.0868. The summed E-state index contributed by atoms with van der Waals surface area (Å²) >= 11 is 0. The van der Waals surface area contributed by atoms with Crippen LogP contribution in [0.5, 0.6) is 0 Å². The Bertz CT molecular complexity index is 352. The molecule has 2 N–H and O–H groups in total. The Morgan fingerprint density at radius 1 is 1.21 bits per heavy atom. The molecule has 0 aromatic carbocycles. The molecule has 0 unspecified atom stereocenters. The Labute approximate surface area is 80.0 Å². The number of hydrogen-bond donors (Lipinski definition) is 2. The first-order valence-corrected chi connectivity index (χ1v) is 4.83. The molecule has 0 saturated carbocycles. The van der Waals surface area contributed by atoms with E-state index in [1.54, 1.807) is 0 Å². The standard InChI is InChI=1S/C6H6N3O4P/c7-3-1-6(5-9,2-4-8)13-14(10,11)12/h1-2H2,(H2,10,11,12). The van der Waals surface area contributed by atoms with Crippen molar-refractivity contribution >= 4 is 7.82 Å². The quantitative estimate of drug-likeness (QED) is 0.637. The van der Waals surface area contributed by atoms with Crippen molar-refractivity contribution in [1.29, 1.82) is 15.8 Å². The highest BCUT2D eigenvalue weighted by atomic mass is 31.2. The first kappa shape index (κ1) is 12.6. The van der Waals surface area contributed by atoms with Crippen LogP contribution in [0.15, 0.2) is 0 Å². The smallest absolute Gasteiger partial charge is 0.303 e. The van der Waals surface area contributed by atoms with Crippen LogP contribution >= 0.6 is 7.82 Å². The van der Waals surface area contributed by atoms with Crippen molar-refractivity contribution in [3.63, 3.8) is 0 Å². The van der Waals surface area contributed by atoms with Crippen LogP contribution in [-0.4, -0.2) is 15.4 Å². The molecule has 0 aromatic rings. The molecule has 0 aliphatic carbocycles. The van der Waals surface area contributed by atoms with E-state index in [0.29, 0.717) is 0 Å². The minimum atomic E-state index is -4.89. The van der Waals surface area contributed by atoms with Gasteiger partial charge in [0.2, 0.25) is 0 Å². The third-order valence-corrected chi connectivity index (χ3v) is 1.81. The van der Waals surface area contributed by atoms with Crippen LogP contribution in [0.4, 0.5) is 0 Å². The van der Waals surface area contributed by atoms with Crippen LogP contribution in [-0.2, 0) is 9.09 Å². The molecule has 14 heavy (non-hydrogen) atoms. The maximum Gasteiger partial charge on any atom is 0.471 e. The van der Waals surface area contributed by atoms with Crippen molar-refractivity contribution in [1.82, 2.24) is 0 Å². The zero-order chi connectivity index (χ0) is 11.2. The van der Waals surface area contributed by atoms with Crippen LogP contribution in [0.1, 0.15) is 12.8 Å². The van der Waals surface area contributed by atoms with E-state index in [0.717, 1.165) is 0 Å². The average Bonchev–Trinajstić information content (AvgIpc) is 2.02. The van der Waals surface area contributed by atoms with Gasteiger partial charge >= 0.3 is 7.82 Å². The zero-order valence-corrected chi connectivity index (χ0v) is 7.81. The minimum absolute atomic E-state index is 0.581. The molecule has 0 heterocycles. The Hall–Kier alpha value is -1.42. The number of nitrogens with zero attached hydrogens (tertiary/aromatic N) is 3. The predicted molar refractivity (Wildman–Crippen MR) is 41.9 cm³/mol. The maximum absolute atomic E-state index is 10.5. The fourth-order valence-corrected chi connectivity index (χ4v) is 1.33. The summed E-state index contributed by atoms with van der Waals surface area (Å²) in [6.07, 6.45) is -1.16. The van der Waals surface area contributed by atoms with E-state index in [4.69, 9.17) is 25.6 Å². The highest BCUT2D eigenvalue weighted by Gasteiger charge is 2.38. The van der Waals surface area contributed by atoms with Crippen LogP contribution in [0, 0.1) is 34.0 Å². The van der Waals surface area contributed by atoms with Gasteiger partial charge in [-0.1, -0.05) is 0 Å². The summed E-state index contributed by atoms with van der Waals surface area (Å²) in [5, 5.41) is 25.2. The van der Waals surface area contributed by atoms with Crippen LogP contribution < -0.4 is 0 Å². The molecule has 0 aromatic heterocycles. The minimum Gasteiger partial charge on any atom is -0.303 e. The number of rotatable bonds is 4. The Kier molecular flexibility index (Phi) is 4.24. The molecular formula is C6H6N3O4P. The highest BCUT2D eigenvalue weighted by molar-refractivity contribution is 7.46. The molecule has 0 rings (SSSR count). The van der Waals surface area contributed by atoms with E-state index in [2.05, 4.69) is 4.52 Å². The molecule has 0 bridgehead atoms. The molecule has 0 aliphatic rings. The molecule has 0 saturated heterocycles. The molecule has 0 fully saturated rings. The van der Waals surface area contributed by atoms with Crippen molar-refractivity contribution in [2.24, 2.45) is 0 Å². The van der Waals surface area contributed by atoms with Crippen LogP contribution in [0.2, 0.25) is 0 Å². The molecule has 0 amide bonds. The van der Waals surface area contributed by atoms with Gasteiger partial charge in [0.05, 0.1) is 25.0 Å². The molecule has 7 nitrogen and oxygen atoms in total. The summed E-state index contributed by atoms with van der Waals surface area (Å²) in [4.78, 5) is 16.9. The highest BCUT2D eigenvalue weighted by Crippen LogP contribution is 2.43. The third-order valence-electron chi connectivity index (χ3n) is 1.23. The largest absolute Gasteiger partial charge is 0.471 e. The fourth-order valence-electron chi connectivity index (χ4n) is 0.710. The second-order valence-corrected chi connectivity index (χ2v) is 3.52. The summed E-state index contributed by atoms with van der Waals surface area (Å²) in [6, 6.07) is 4.46. The monoisotopic (exact) mass is 215 g/mol. The first-order valence-electron chi connectivity index (χ1n) is 3.30. The Morgan fingerprint density at radius 3 is 1.86 bits per heavy atom. The topological polar surface area (TPSA) is 138 Å². The number of phosphoric acid groups is 1. The number of phosphoric ester groups is 1. The third kappa shape index (κ3) is 4.00. The van der Waals surface area contributed by atoms with Gasteiger partial charge in [0.1, 0.15) is 6.07 Å². The normalized spacial score (nSPS) is 11.1. The van der Waals surface area contributed by atoms with Gasteiger partial charge in [-0.3, -0.25) is 4.52 Å². The molecular weight excluding hydrogens is 209 g/mol. The molecule has 8 heteroatoms. The van der Waals surface area contributed by atoms with Gasteiger partial charge in [0.15, 0.2) is 5.60 Å². The summed E-state index contributed by atoms with van der Waals surface area (Å²) in [5.74, 6) is 0. The molecule has 0 radical (unpaired) electrons. The summed E-state index contributed by atoms with van der Waals surface area (Å²) in [7, 11) is -4.89. The van der Waals surface area contributed by atoms with Gasteiger partial charge in [-0.25, -0.2) is 4.57 Å². The van der Waals surface area contributed by atoms with Gasteiger partial charge < -0.3 is 9.79 Å². The van der Waals surface area contributed by atoms with Crippen molar-refractivity contribution in [3.05, 3.63) is 0 Å². The van der Waals surface area contributed by atoms with Gasteiger partial charge in [-0.05, 0) is 0 Å². The second-order valence-electron chi connectivity index (χ2n) is 2.36. The number of hydrogen-bond acceptors (Lipinski definition) is 5. The second kappa shape index (κ2) is 4.72. The molecule has 74 valence electrons. The van der Waals surface area contributed by atoms with Crippen LogP contribution in [0.25, 0.3) is 0 Å². The van der Waals surface area contributed by atoms with E-state index in [1.165, 1.54) is 18.2 Å².